The molecule has 0 aliphatic carbocycles. The lowest BCUT2D eigenvalue weighted by atomic mass is 10.2. The Bertz CT molecular complexity index is 622. The molecule has 1 aromatic heterocycles. The van der Waals surface area contributed by atoms with E-state index >= 15 is 0 Å². The molecule has 1 amide bonds. The van der Waals surface area contributed by atoms with Gasteiger partial charge in [-0.15, -0.1) is 0 Å². The summed E-state index contributed by atoms with van der Waals surface area (Å²) >= 11 is 6.23. The van der Waals surface area contributed by atoms with E-state index in [1.165, 1.54) is 19.4 Å². The third-order valence-corrected chi connectivity index (χ3v) is 3.75. The van der Waals surface area contributed by atoms with E-state index in [2.05, 4.69) is 9.72 Å². The summed E-state index contributed by atoms with van der Waals surface area (Å²) in [5, 5.41) is 0.378. The summed E-state index contributed by atoms with van der Waals surface area (Å²) in [6.45, 7) is 7.74. The molecule has 1 aliphatic rings. The average molecular weight is 356 g/mol. The first-order valence-corrected chi connectivity index (χ1v) is 8.06. The van der Waals surface area contributed by atoms with Crippen molar-refractivity contribution in [3.05, 3.63) is 22.8 Å². The van der Waals surface area contributed by atoms with Gasteiger partial charge in [-0.25, -0.2) is 14.6 Å². The summed E-state index contributed by atoms with van der Waals surface area (Å²) < 4.78 is 10.0. The first kappa shape index (κ1) is 18.3. The van der Waals surface area contributed by atoms with Crippen molar-refractivity contribution >= 4 is 29.5 Å². The molecule has 2 heterocycles. The summed E-state index contributed by atoms with van der Waals surface area (Å²) in [4.78, 5) is 31.5. The molecule has 0 saturated carbocycles. The van der Waals surface area contributed by atoms with Gasteiger partial charge in [0.15, 0.2) is 0 Å². The average Bonchev–Trinajstić information content (AvgIpc) is 2.52. The topological polar surface area (TPSA) is 72.0 Å². The Morgan fingerprint density at radius 2 is 1.83 bits per heavy atom. The number of nitrogens with zero attached hydrogens (tertiary/aromatic N) is 3. The van der Waals surface area contributed by atoms with Crippen LogP contribution in [0.15, 0.2) is 12.3 Å². The van der Waals surface area contributed by atoms with Gasteiger partial charge in [-0.05, 0) is 26.8 Å². The highest BCUT2D eigenvalue weighted by Crippen LogP contribution is 2.25. The van der Waals surface area contributed by atoms with Crippen LogP contribution >= 0.6 is 11.6 Å². The zero-order valence-corrected chi connectivity index (χ0v) is 15.1. The van der Waals surface area contributed by atoms with Gasteiger partial charge in [-0.3, -0.25) is 0 Å². The fourth-order valence-electron chi connectivity index (χ4n) is 2.32. The van der Waals surface area contributed by atoms with Gasteiger partial charge in [0.1, 0.15) is 11.4 Å². The lowest BCUT2D eigenvalue weighted by Crippen LogP contribution is -2.50. The van der Waals surface area contributed by atoms with Crippen molar-refractivity contribution in [2.45, 2.75) is 26.4 Å². The Balaban J connectivity index is 2.00. The monoisotopic (exact) mass is 355 g/mol. The van der Waals surface area contributed by atoms with Crippen molar-refractivity contribution in [3.8, 4) is 0 Å². The number of aromatic nitrogens is 1. The second kappa shape index (κ2) is 7.25. The molecule has 0 bridgehead atoms. The lowest BCUT2D eigenvalue weighted by molar-refractivity contribution is 0.0240. The van der Waals surface area contributed by atoms with Gasteiger partial charge < -0.3 is 19.3 Å². The fraction of sp³-hybridized carbons (Fsp3) is 0.562. The maximum atomic E-state index is 12.1. The maximum absolute atomic E-state index is 12.1. The van der Waals surface area contributed by atoms with E-state index in [4.69, 9.17) is 16.3 Å². The second-order valence-corrected chi connectivity index (χ2v) is 6.88. The normalized spacial score (nSPS) is 15.2. The standard InChI is InChI=1S/C16H22ClN3O4/c1-16(2,3)24-15(22)20-7-5-19(6-8-20)13-12(17)9-11(10-18-13)14(21)23-4/h9-10H,5-8H2,1-4H3. The van der Waals surface area contributed by atoms with Crippen LogP contribution in [-0.4, -0.2) is 60.8 Å². The summed E-state index contributed by atoms with van der Waals surface area (Å²) in [5.74, 6) is 0.110. The molecule has 1 saturated heterocycles. The molecule has 0 N–H and O–H groups in total. The molecule has 0 atom stereocenters. The zero-order valence-electron chi connectivity index (χ0n) is 14.3. The predicted octanol–water partition coefficient (Wildman–Crippen LogP) is 2.58. The first-order chi connectivity index (χ1) is 11.2. The SMILES string of the molecule is COC(=O)c1cnc(N2CCN(C(=O)OC(C)(C)C)CC2)c(Cl)c1. The highest BCUT2D eigenvalue weighted by atomic mass is 35.5. The van der Waals surface area contributed by atoms with Crippen molar-refractivity contribution in [2.75, 3.05) is 38.2 Å². The number of halogens is 1. The maximum Gasteiger partial charge on any atom is 0.410 e. The number of hydrogen-bond acceptors (Lipinski definition) is 6. The zero-order chi connectivity index (χ0) is 17.9. The number of amides is 1. The molecule has 2 rings (SSSR count). The van der Waals surface area contributed by atoms with Crippen LogP contribution in [0.5, 0.6) is 0 Å². The Labute approximate surface area is 146 Å². The van der Waals surface area contributed by atoms with Crippen molar-refractivity contribution in [1.82, 2.24) is 9.88 Å². The Hall–Kier alpha value is -2.02. The molecule has 1 aliphatic heterocycles. The molecule has 8 heteroatoms. The molecule has 24 heavy (non-hydrogen) atoms. The van der Waals surface area contributed by atoms with Crippen LogP contribution in [-0.2, 0) is 9.47 Å². The van der Waals surface area contributed by atoms with Crippen molar-refractivity contribution in [3.63, 3.8) is 0 Å². The minimum Gasteiger partial charge on any atom is -0.465 e. The Morgan fingerprint density at radius 3 is 2.33 bits per heavy atom. The molecular formula is C16H22ClN3O4. The largest absolute Gasteiger partial charge is 0.465 e. The minimum atomic E-state index is -0.511. The van der Waals surface area contributed by atoms with E-state index < -0.39 is 11.6 Å². The minimum absolute atomic E-state index is 0.304. The third-order valence-electron chi connectivity index (χ3n) is 3.47. The van der Waals surface area contributed by atoms with Crippen molar-refractivity contribution < 1.29 is 19.1 Å². The number of esters is 1. The van der Waals surface area contributed by atoms with E-state index in [0.717, 1.165) is 0 Å². The number of carbonyl (C=O) groups is 2. The highest BCUT2D eigenvalue weighted by molar-refractivity contribution is 6.33. The number of methoxy groups -OCH3 is 1. The molecule has 0 unspecified atom stereocenters. The summed E-state index contributed by atoms with van der Waals surface area (Å²) in [6, 6.07) is 1.54. The van der Waals surface area contributed by atoms with Gasteiger partial charge in [0.05, 0.1) is 17.7 Å². The lowest BCUT2D eigenvalue weighted by Gasteiger charge is -2.36. The first-order valence-electron chi connectivity index (χ1n) is 7.68. The van der Waals surface area contributed by atoms with E-state index in [1.807, 2.05) is 25.7 Å². The number of piperazine rings is 1. The summed E-state index contributed by atoms with van der Waals surface area (Å²) in [5.41, 5.74) is -0.207. The fourth-order valence-corrected chi connectivity index (χ4v) is 2.61. The van der Waals surface area contributed by atoms with Crippen molar-refractivity contribution in [1.29, 1.82) is 0 Å². The molecule has 1 aromatic rings. The van der Waals surface area contributed by atoms with Gasteiger partial charge >= 0.3 is 12.1 Å². The van der Waals surface area contributed by atoms with Crippen LogP contribution in [0.4, 0.5) is 10.6 Å². The quantitative estimate of drug-likeness (QED) is 0.759. The van der Waals surface area contributed by atoms with E-state index in [9.17, 15) is 9.59 Å². The summed E-state index contributed by atoms with van der Waals surface area (Å²) in [7, 11) is 1.31. The van der Waals surface area contributed by atoms with Crippen LogP contribution in [0.1, 0.15) is 31.1 Å². The molecule has 0 radical (unpaired) electrons. The van der Waals surface area contributed by atoms with Crippen LogP contribution in [0.3, 0.4) is 0 Å². The summed E-state index contributed by atoms with van der Waals surface area (Å²) in [6.07, 6.45) is 1.12. The number of carbonyl (C=O) groups excluding carboxylic acids is 2. The second-order valence-electron chi connectivity index (χ2n) is 6.48. The van der Waals surface area contributed by atoms with Gasteiger partial charge in [0.25, 0.3) is 0 Å². The van der Waals surface area contributed by atoms with Gasteiger partial charge in [0, 0.05) is 32.4 Å². The van der Waals surface area contributed by atoms with Crippen LogP contribution in [0, 0.1) is 0 Å². The number of hydrogen-bond donors (Lipinski definition) is 0. The van der Waals surface area contributed by atoms with Gasteiger partial charge in [-0.2, -0.15) is 0 Å². The number of pyridine rings is 1. The number of rotatable bonds is 2. The smallest absolute Gasteiger partial charge is 0.410 e. The van der Waals surface area contributed by atoms with Crippen LogP contribution in [0.2, 0.25) is 5.02 Å². The molecular weight excluding hydrogens is 334 g/mol. The van der Waals surface area contributed by atoms with Crippen molar-refractivity contribution in [2.24, 2.45) is 0 Å². The molecule has 132 valence electrons. The van der Waals surface area contributed by atoms with E-state index in [1.54, 1.807) is 4.90 Å². The van der Waals surface area contributed by atoms with E-state index in [-0.39, 0.29) is 6.09 Å². The van der Waals surface area contributed by atoms with Gasteiger partial charge in [-0.1, -0.05) is 11.6 Å². The highest BCUT2D eigenvalue weighted by Gasteiger charge is 2.27. The third kappa shape index (κ3) is 4.50. The van der Waals surface area contributed by atoms with Crippen LogP contribution < -0.4 is 4.90 Å². The van der Waals surface area contributed by atoms with Crippen LogP contribution in [0.25, 0.3) is 0 Å². The molecule has 1 fully saturated rings. The molecule has 0 spiro atoms. The predicted molar refractivity (Wildman–Crippen MR) is 90.6 cm³/mol. The Morgan fingerprint density at radius 1 is 1.21 bits per heavy atom. The molecule has 7 nitrogen and oxygen atoms in total. The number of anilines is 1. The van der Waals surface area contributed by atoms with E-state index in [0.29, 0.717) is 42.6 Å². The van der Waals surface area contributed by atoms with Gasteiger partial charge in [0.2, 0.25) is 0 Å². The Kier molecular flexibility index (Phi) is 5.54. The molecule has 0 aromatic carbocycles. The number of ether oxygens (including phenoxy) is 2.